The van der Waals surface area contributed by atoms with Crippen LogP contribution >= 0.6 is 11.6 Å². The van der Waals surface area contributed by atoms with Crippen molar-refractivity contribution in [2.45, 2.75) is 0 Å². The van der Waals surface area contributed by atoms with Gasteiger partial charge in [0.05, 0.1) is 11.4 Å². The Morgan fingerprint density at radius 1 is 1.00 bits per heavy atom. The number of carbonyl (C=O) groups excluding carboxylic acids is 1. The molecule has 0 bridgehead atoms. The van der Waals surface area contributed by atoms with Gasteiger partial charge < -0.3 is 5.32 Å². The molecule has 8 heteroatoms. The van der Waals surface area contributed by atoms with Gasteiger partial charge in [0.25, 0.3) is 11.5 Å². The van der Waals surface area contributed by atoms with E-state index >= 15 is 0 Å². The fraction of sp³-hybridized carbons (Fsp3) is 0. The molecular formula is C19H14ClN5O2. The number of anilines is 1. The van der Waals surface area contributed by atoms with Gasteiger partial charge in [-0.3, -0.25) is 14.7 Å². The highest BCUT2D eigenvalue weighted by molar-refractivity contribution is 6.30. The van der Waals surface area contributed by atoms with Gasteiger partial charge in [-0.15, -0.1) is 0 Å². The van der Waals surface area contributed by atoms with E-state index in [1.165, 1.54) is 10.7 Å². The third-order valence-corrected chi connectivity index (χ3v) is 4.12. The number of halogens is 1. The van der Waals surface area contributed by atoms with E-state index in [0.717, 1.165) is 11.4 Å². The average molecular weight is 380 g/mol. The third-order valence-electron chi connectivity index (χ3n) is 3.88. The summed E-state index contributed by atoms with van der Waals surface area (Å²) in [4.78, 5) is 24.3. The van der Waals surface area contributed by atoms with Crippen molar-refractivity contribution in [2.75, 3.05) is 5.32 Å². The van der Waals surface area contributed by atoms with Crippen LogP contribution < -0.4 is 10.9 Å². The maximum atomic E-state index is 12.6. The standard InChI is InChI=1S/C19H14ClN5O2/c20-13-5-4-8-15(11-13)24-10-9-16(22-24)19(27)21-17-12-18(26)23-25(17)14-6-2-1-3-7-14/h1-12H,(H,21,27)(H,23,26). The molecule has 0 fully saturated rings. The lowest BCUT2D eigenvalue weighted by Crippen LogP contribution is -2.16. The van der Waals surface area contributed by atoms with Crippen molar-refractivity contribution in [3.05, 3.63) is 94.0 Å². The van der Waals surface area contributed by atoms with Crippen molar-refractivity contribution in [1.29, 1.82) is 0 Å². The second-order valence-corrected chi connectivity index (χ2v) is 6.19. The lowest BCUT2D eigenvalue weighted by Gasteiger charge is -2.08. The number of carbonyl (C=O) groups is 1. The van der Waals surface area contributed by atoms with Crippen molar-refractivity contribution in [2.24, 2.45) is 0 Å². The highest BCUT2D eigenvalue weighted by atomic mass is 35.5. The van der Waals surface area contributed by atoms with Crippen LogP contribution in [0.25, 0.3) is 11.4 Å². The number of H-pyrrole nitrogens is 1. The lowest BCUT2D eigenvalue weighted by atomic mass is 10.3. The molecule has 0 radical (unpaired) electrons. The first-order chi connectivity index (χ1) is 13.1. The van der Waals surface area contributed by atoms with E-state index in [9.17, 15) is 9.59 Å². The van der Waals surface area contributed by atoms with E-state index < -0.39 is 5.91 Å². The molecule has 0 aliphatic rings. The van der Waals surface area contributed by atoms with Crippen LogP contribution in [0.1, 0.15) is 10.5 Å². The molecule has 0 saturated carbocycles. The van der Waals surface area contributed by atoms with Gasteiger partial charge in [-0.25, -0.2) is 9.36 Å². The number of aromatic nitrogens is 4. The molecule has 7 nitrogen and oxygen atoms in total. The number of nitrogens with one attached hydrogen (secondary N) is 2. The molecule has 2 aromatic carbocycles. The zero-order valence-electron chi connectivity index (χ0n) is 14.0. The summed E-state index contributed by atoms with van der Waals surface area (Å²) in [5.41, 5.74) is 1.35. The first-order valence-electron chi connectivity index (χ1n) is 8.10. The number of rotatable bonds is 4. The minimum atomic E-state index is -0.431. The fourth-order valence-electron chi connectivity index (χ4n) is 2.65. The predicted molar refractivity (Wildman–Crippen MR) is 103 cm³/mol. The monoisotopic (exact) mass is 379 g/mol. The Labute approximate surface area is 158 Å². The molecule has 2 N–H and O–H groups in total. The van der Waals surface area contributed by atoms with Crippen molar-refractivity contribution in [1.82, 2.24) is 19.6 Å². The Morgan fingerprint density at radius 2 is 1.78 bits per heavy atom. The molecule has 27 heavy (non-hydrogen) atoms. The molecule has 4 aromatic rings. The molecule has 2 aromatic heterocycles. The molecule has 2 heterocycles. The number of para-hydroxylation sites is 1. The third kappa shape index (κ3) is 3.54. The second-order valence-electron chi connectivity index (χ2n) is 5.76. The van der Waals surface area contributed by atoms with Gasteiger partial charge in [-0.05, 0) is 36.4 Å². The zero-order chi connectivity index (χ0) is 18.8. The summed E-state index contributed by atoms with van der Waals surface area (Å²) in [6, 6.07) is 19.2. The van der Waals surface area contributed by atoms with Crippen LogP contribution in [0.2, 0.25) is 5.02 Å². The van der Waals surface area contributed by atoms with Crippen molar-refractivity contribution in [3.8, 4) is 11.4 Å². The summed E-state index contributed by atoms with van der Waals surface area (Å²) in [6.07, 6.45) is 1.67. The Hall–Kier alpha value is -3.58. The molecule has 1 amide bonds. The largest absolute Gasteiger partial charge is 0.305 e. The number of aromatic amines is 1. The maximum Gasteiger partial charge on any atom is 0.277 e. The topological polar surface area (TPSA) is 84.7 Å². The summed E-state index contributed by atoms with van der Waals surface area (Å²) in [5.74, 6) is -0.104. The van der Waals surface area contributed by atoms with Crippen molar-refractivity contribution < 1.29 is 4.79 Å². The summed E-state index contributed by atoms with van der Waals surface area (Å²) >= 11 is 5.99. The Kier molecular flexibility index (Phi) is 4.35. The van der Waals surface area contributed by atoms with Gasteiger partial charge >= 0.3 is 0 Å². The summed E-state index contributed by atoms with van der Waals surface area (Å²) in [7, 11) is 0. The van der Waals surface area contributed by atoms with Crippen LogP contribution in [0.3, 0.4) is 0 Å². The van der Waals surface area contributed by atoms with Gasteiger partial charge in [-0.2, -0.15) is 5.10 Å². The molecular weight excluding hydrogens is 366 g/mol. The Bertz CT molecular complexity index is 1160. The number of amides is 1. The summed E-state index contributed by atoms with van der Waals surface area (Å²) in [5, 5.41) is 10.2. The van der Waals surface area contributed by atoms with E-state index in [1.807, 2.05) is 36.4 Å². The SMILES string of the molecule is O=C(Nc1cc(=O)[nH]n1-c1ccccc1)c1ccn(-c2cccc(Cl)c2)n1. The van der Waals surface area contributed by atoms with Gasteiger partial charge in [-0.1, -0.05) is 35.9 Å². The van der Waals surface area contributed by atoms with Gasteiger partial charge in [0.1, 0.15) is 5.82 Å². The minimum Gasteiger partial charge on any atom is -0.305 e. The molecule has 0 saturated heterocycles. The van der Waals surface area contributed by atoms with Crippen LogP contribution in [-0.4, -0.2) is 25.5 Å². The highest BCUT2D eigenvalue weighted by Gasteiger charge is 2.14. The van der Waals surface area contributed by atoms with E-state index in [1.54, 1.807) is 35.1 Å². The van der Waals surface area contributed by atoms with E-state index in [4.69, 9.17) is 11.6 Å². The van der Waals surface area contributed by atoms with Gasteiger partial charge in [0, 0.05) is 17.3 Å². The Balaban J connectivity index is 1.60. The lowest BCUT2D eigenvalue weighted by molar-refractivity contribution is 0.102. The van der Waals surface area contributed by atoms with E-state index in [-0.39, 0.29) is 11.3 Å². The predicted octanol–water partition coefficient (Wildman–Crippen LogP) is 3.26. The van der Waals surface area contributed by atoms with Crippen LogP contribution in [0.15, 0.2) is 77.7 Å². The molecule has 0 aliphatic heterocycles. The molecule has 0 atom stereocenters. The first kappa shape index (κ1) is 16.9. The first-order valence-corrected chi connectivity index (χ1v) is 8.48. The number of hydrogen-bond acceptors (Lipinski definition) is 3. The maximum absolute atomic E-state index is 12.6. The number of hydrogen-bond donors (Lipinski definition) is 2. The zero-order valence-corrected chi connectivity index (χ0v) is 14.7. The van der Waals surface area contributed by atoms with E-state index in [0.29, 0.717) is 10.8 Å². The second kappa shape index (κ2) is 6.97. The van der Waals surface area contributed by atoms with Gasteiger partial charge in [0.15, 0.2) is 5.69 Å². The average Bonchev–Trinajstić information content (AvgIpc) is 3.29. The van der Waals surface area contributed by atoms with Gasteiger partial charge in [0.2, 0.25) is 0 Å². The molecule has 0 aliphatic carbocycles. The summed E-state index contributed by atoms with van der Waals surface area (Å²) in [6.45, 7) is 0. The smallest absolute Gasteiger partial charge is 0.277 e. The van der Waals surface area contributed by atoms with E-state index in [2.05, 4.69) is 15.5 Å². The molecule has 0 unspecified atom stereocenters. The van der Waals surface area contributed by atoms with Crippen LogP contribution in [0, 0.1) is 0 Å². The Morgan fingerprint density at radius 3 is 2.56 bits per heavy atom. The quantitative estimate of drug-likeness (QED) is 0.570. The van der Waals surface area contributed by atoms with Crippen LogP contribution in [0.5, 0.6) is 0 Å². The number of benzene rings is 2. The highest BCUT2D eigenvalue weighted by Crippen LogP contribution is 2.16. The number of nitrogens with zero attached hydrogens (tertiary/aromatic N) is 3. The summed E-state index contributed by atoms with van der Waals surface area (Å²) < 4.78 is 3.07. The van der Waals surface area contributed by atoms with Crippen LogP contribution in [0.4, 0.5) is 5.82 Å². The fourth-order valence-corrected chi connectivity index (χ4v) is 2.84. The molecule has 134 valence electrons. The normalized spacial score (nSPS) is 10.7. The van der Waals surface area contributed by atoms with Crippen molar-refractivity contribution >= 4 is 23.3 Å². The molecule has 0 spiro atoms. The van der Waals surface area contributed by atoms with Crippen LogP contribution in [-0.2, 0) is 0 Å². The minimum absolute atomic E-state index is 0.211. The molecule has 4 rings (SSSR count). The van der Waals surface area contributed by atoms with Crippen molar-refractivity contribution in [3.63, 3.8) is 0 Å².